The normalized spacial score (nSPS) is 10.2. The summed E-state index contributed by atoms with van der Waals surface area (Å²) < 4.78 is 1.08. The van der Waals surface area contributed by atoms with Gasteiger partial charge in [-0.3, -0.25) is 19.1 Å². The molecule has 1 aromatic heterocycles. The maximum atomic E-state index is 11.8. The summed E-state index contributed by atoms with van der Waals surface area (Å²) in [5.41, 5.74) is 5.25. The lowest BCUT2D eigenvalue weighted by Gasteiger charge is -2.08. The summed E-state index contributed by atoms with van der Waals surface area (Å²) in [6.45, 7) is -0.224. The van der Waals surface area contributed by atoms with Gasteiger partial charge in [-0.2, -0.15) is 0 Å². The van der Waals surface area contributed by atoms with E-state index in [1.807, 2.05) is 0 Å². The first-order valence-electron chi connectivity index (χ1n) is 5.60. The van der Waals surface area contributed by atoms with Crippen molar-refractivity contribution in [1.82, 2.24) is 9.55 Å². The van der Waals surface area contributed by atoms with Gasteiger partial charge in [-0.25, -0.2) is 4.79 Å². The maximum absolute atomic E-state index is 11.8. The highest BCUT2D eigenvalue weighted by Crippen LogP contribution is 2.22. The van der Waals surface area contributed by atoms with Crippen molar-refractivity contribution in [3.63, 3.8) is 0 Å². The van der Waals surface area contributed by atoms with E-state index in [2.05, 4.69) is 10.3 Å². The number of benzene rings is 1. The van der Waals surface area contributed by atoms with Crippen LogP contribution in [0.3, 0.4) is 0 Å². The summed E-state index contributed by atoms with van der Waals surface area (Å²) in [5.74, 6) is -0.430. The van der Waals surface area contributed by atoms with Crippen LogP contribution in [0.2, 0.25) is 5.02 Å². The molecule has 4 N–H and O–H groups in total. The van der Waals surface area contributed by atoms with Crippen LogP contribution < -0.4 is 22.3 Å². The van der Waals surface area contributed by atoms with Crippen molar-refractivity contribution in [1.29, 1.82) is 0 Å². The van der Waals surface area contributed by atoms with E-state index in [-0.39, 0.29) is 6.54 Å². The molecule has 0 aliphatic carbocycles. The Kier molecular flexibility index (Phi) is 3.90. The molecule has 0 aliphatic heterocycles. The standard InChI is InChI=1S/C12H11ClN4O3/c13-8-2-1-7(5-9(8)14)15-11(19)6-17-4-3-10(18)16-12(17)20/h1-5H,6,14H2,(H,15,19)(H,16,18,20). The van der Waals surface area contributed by atoms with E-state index in [0.717, 1.165) is 10.6 Å². The number of nitrogens with one attached hydrogen (secondary N) is 2. The molecule has 1 heterocycles. The zero-order chi connectivity index (χ0) is 14.7. The summed E-state index contributed by atoms with van der Waals surface area (Å²) >= 11 is 5.77. The monoisotopic (exact) mass is 294 g/mol. The molecule has 8 heteroatoms. The van der Waals surface area contributed by atoms with Gasteiger partial charge in [0.25, 0.3) is 5.56 Å². The molecule has 2 rings (SSSR count). The van der Waals surface area contributed by atoms with Crippen LogP contribution in [0.25, 0.3) is 0 Å². The Morgan fingerprint density at radius 2 is 2.10 bits per heavy atom. The van der Waals surface area contributed by atoms with Gasteiger partial charge < -0.3 is 11.1 Å². The number of carbonyl (C=O) groups excluding carboxylic acids is 1. The van der Waals surface area contributed by atoms with Gasteiger partial charge in [0.05, 0.1) is 10.7 Å². The molecule has 7 nitrogen and oxygen atoms in total. The van der Waals surface area contributed by atoms with Crippen LogP contribution in [0.15, 0.2) is 40.1 Å². The number of aromatic nitrogens is 2. The number of nitrogen functional groups attached to an aromatic ring is 1. The van der Waals surface area contributed by atoms with E-state index in [1.54, 1.807) is 12.1 Å². The number of nitrogens with zero attached hydrogens (tertiary/aromatic N) is 1. The third-order valence-corrected chi connectivity index (χ3v) is 2.83. The number of carbonyl (C=O) groups is 1. The summed E-state index contributed by atoms with van der Waals surface area (Å²) in [6.07, 6.45) is 1.25. The Bertz CT molecular complexity index is 766. The van der Waals surface area contributed by atoms with Gasteiger partial charge in [0, 0.05) is 18.0 Å². The fraction of sp³-hybridized carbons (Fsp3) is 0.0833. The number of aromatic amines is 1. The summed E-state index contributed by atoms with van der Waals surface area (Å²) in [5, 5.41) is 2.96. The first-order chi connectivity index (χ1) is 9.45. The molecule has 0 spiro atoms. The highest BCUT2D eigenvalue weighted by atomic mass is 35.5. The van der Waals surface area contributed by atoms with Crippen LogP contribution in [-0.2, 0) is 11.3 Å². The molecule has 0 unspecified atom stereocenters. The van der Waals surface area contributed by atoms with Crippen molar-refractivity contribution in [2.24, 2.45) is 0 Å². The van der Waals surface area contributed by atoms with Gasteiger partial charge in [0.15, 0.2) is 0 Å². The zero-order valence-corrected chi connectivity index (χ0v) is 11.0. The van der Waals surface area contributed by atoms with Crippen LogP contribution in [0.5, 0.6) is 0 Å². The number of nitrogens with two attached hydrogens (primary N) is 1. The van der Waals surface area contributed by atoms with E-state index >= 15 is 0 Å². The first-order valence-corrected chi connectivity index (χ1v) is 5.98. The third-order valence-electron chi connectivity index (χ3n) is 2.49. The Balaban J connectivity index is 2.10. The van der Waals surface area contributed by atoms with Crippen LogP contribution in [-0.4, -0.2) is 15.5 Å². The van der Waals surface area contributed by atoms with Gasteiger partial charge >= 0.3 is 5.69 Å². The average molecular weight is 295 g/mol. The average Bonchev–Trinajstić information content (AvgIpc) is 2.37. The molecular formula is C12H11ClN4O3. The number of amides is 1. The van der Waals surface area contributed by atoms with E-state index in [0.29, 0.717) is 16.4 Å². The Labute approximate surface area is 118 Å². The maximum Gasteiger partial charge on any atom is 0.328 e. The summed E-state index contributed by atoms with van der Waals surface area (Å²) in [7, 11) is 0. The molecule has 104 valence electrons. The Morgan fingerprint density at radius 3 is 2.75 bits per heavy atom. The lowest BCUT2D eigenvalue weighted by molar-refractivity contribution is -0.116. The number of rotatable bonds is 3. The fourth-order valence-electron chi connectivity index (χ4n) is 1.55. The van der Waals surface area contributed by atoms with Crippen LogP contribution in [0.1, 0.15) is 0 Å². The second-order valence-corrected chi connectivity index (χ2v) is 4.43. The molecule has 0 saturated carbocycles. The minimum absolute atomic E-state index is 0.224. The van der Waals surface area contributed by atoms with E-state index < -0.39 is 17.2 Å². The van der Waals surface area contributed by atoms with Crippen molar-refractivity contribution in [2.75, 3.05) is 11.1 Å². The molecule has 2 aromatic rings. The number of H-pyrrole nitrogens is 1. The van der Waals surface area contributed by atoms with E-state index in [1.165, 1.54) is 12.3 Å². The van der Waals surface area contributed by atoms with E-state index in [4.69, 9.17) is 17.3 Å². The molecule has 0 radical (unpaired) electrons. The van der Waals surface area contributed by atoms with Gasteiger partial charge in [0.2, 0.25) is 5.91 Å². The predicted octanol–water partition coefficient (Wildman–Crippen LogP) is 0.411. The van der Waals surface area contributed by atoms with Crippen molar-refractivity contribution >= 4 is 28.9 Å². The molecule has 1 aromatic carbocycles. The number of halogens is 1. The van der Waals surface area contributed by atoms with Crippen LogP contribution in [0.4, 0.5) is 11.4 Å². The third kappa shape index (κ3) is 3.27. The summed E-state index contributed by atoms with van der Waals surface area (Å²) in [6, 6.07) is 5.82. The molecule has 0 saturated heterocycles. The van der Waals surface area contributed by atoms with Gasteiger partial charge in [-0.1, -0.05) is 11.6 Å². The number of anilines is 2. The minimum Gasteiger partial charge on any atom is -0.397 e. The molecule has 1 amide bonds. The molecule has 0 atom stereocenters. The second kappa shape index (κ2) is 5.62. The van der Waals surface area contributed by atoms with E-state index in [9.17, 15) is 14.4 Å². The summed E-state index contributed by atoms with van der Waals surface area (Å²) in [4.78, 5) is 36.1. The minimum atomic E-state index is -0.650. The zero-order valence-electron chi connectivity index (χ0n) is 10.2. The molecular weight excluding hydrogens is 284 g/mol. The van der Waals surface area contributed by atoms with Gasteiger partial charge in [0.1, 0.15) is 6.54 Å². The highest BCUT2D eigenvalue weighted by molar-refractivity contribution is 6.33. The largest absolute Gasteiger partial charge is 0.397 e. The van der Waals surface area contributed by atoms with Crippen molar-refractivity contribution in [3.8, 4) is 0 Å². The topological polar surface area (TPSA) is 110 Å². The van der Waals surface area contributed by atoms with Crippen molar-refractivity contribution in [3.05, 3.63) is 56.3 Å². The number of hydrogen-bond acceptors (Lipinski definition) is 4. The fourth-order valence-corrected chi connectivity index (χ4v) is 1.66. The van der Waals surface area contributed by atoms with Crippen molar-refractivity contribution in [2.45, 2.75) is 6.54 Å². The molecule has 0 bridgehead atoms. The quantitative estimate of drug-likeness (QED) is 0.712. The Morgan fingerprint density at radius 1 is 1.35 bits per heavy atom. The smallest absolute Gasteiger partial charge is 0.328 e. The molecule has 0 fully saturated rings. The van der Waals surface area contributed by atoms with Crippen LogP contribution in [0, 0.1) is 0 Å². The lowest BCUT2D eigenvalue weighted by Crippen LogP contribution is -2.32. The van der Waals surface area contributed by atoms with Crippen LogP contribution >= 0.6 is 11.6 Å². The second-order valence-electron chi connectivity index (χ2n) is 4.02. The number of hydrogen-bond donors (Lipinski definition) is 3. The molecule has 0 aliphatic rings. The van der Waals surface area contributed by atoms with Gasteiger partial charge in [-0.15, -0.1) is 0 Å². The lowest BCUT2D eigenvalue weighted by atomic mass is 10.3. The Hall–Kier alpha value is -2.54. The molecule has 20 heavy (non-hydrogen) atoms. The van der Waals surface area contributed by atoms with Gasteiger partial charge in [-0.05, 0) is 18.2 Å². The van der Waals surface area contributed by atoms with Crippen molar-refractivity contribution < 1.29 is 4.79 Å². The highest BCUT2D eigenvalue weighted by Gasteiger charge is 2.06. The first kappa shape index (κ1) is 13.9. The SMILES string of the molecule is Nc1cc(NC(=O)Cn2ccc(=O)[nH]c2=O)ccc1Cl. The predicted molar refractivity (Wildman–Crippen MR) is 75.8 cm³/mol.